The molecule has 0 amide bonds. The van der Waals surface area contributed by atoms with Crippen LogP contribution in [0.1, 0.15) is 17.9 Å². The number of halogens is 2. The van der Waals surface area contributed by atoms with Gasteiger partial charge < -0.3 is 0 Å². The predicted octanol–water partition coefficient (Wildman–Crippen LogP) is 3.70. The second-order valence-electron chi connectivity index (χ2n) is 3.72. The van der Waals surface area contributed by atoms with Gasteiger partial charge in [0.05, 0.1) is 4.92 Å². The molecule has 0 N–H and O–H groups in total. The maximum absolute atomic E-state index is 10.9. The first-order valence-electron chi connectivity index (χ1n) is 4.63. The second kappa shape index (κ2) is 4.10. The fraction of sp³-hybridized carbons (Fsp3) is 0.400. The number of rotatable bonds is 3. The van der Waals surface area contributed by atoms with Gasteiger partial charge in [-0.15, -0.1) is 11.6 Å². The fourth-order valence-electron chi connectivity index (χ4n) is 1.79. The highest BCUT2D eigenvalue weighted by molar-refractivity contribution is 9.10. The minimum atomic E-state index is -0.330. The zero-order valence-electron chi connectivity index (χ0n) is 7.82. The number of nitro benzene ring substituents is 1. The highest BCUT2D eigenvalue weighted by atomic mass is 79.9. The minimum absolute atomic E-state index is 0.196. The van der Waals surface area contributed by atoms with Crippen LogP contribution in [0, 0.1) is 16.0 Å². The molecule has 2 rings (SSSR count). The predicted molar refractivity (Wildman–Crippen MR) is 62.4 cm³/mol. The van der Waals surface area contributed by atoms with Gasteiger partial charge in [0, 0.05) is 22.0 Å². The summed E-state index contributed by atoms with van der Waals surface area (Å²) in [5.41, 5.74) is 1.01. The van der Waals surface area contributed by atoms with E-state index in [1.807, 2.05) is 12.1 Å². The summed E-state index contributed by atoms with van der Waals surface area (Å²) < 4.78 is 0.737. The van der Waals surface area contributed by atoms with Gasteiger partial charge in [-0.1, -0.05) is 22.0 Å². The van der Waals surface area contributed by atoms with Gasteiger partial charge in [0.2, 0.25) is 0 Å². The van der Waals surface area contributed by atoms with E-state index in [2.05, 4.69) is 15.9 Å². The maximum atomic E-state index is 10.9. The molecule has 0 radical (unpaired) electrons. The monoisotopic (exact) mass is 289 g/mol. The molecule has 2 atom stereocenters. The van der Waals surface area contributed by atoms with Crippen LogP contribution in [-0.4, -0.2) is 10.8 Å². The summed E-state index contributed by atoms with van der Waals surface area (Å²) in [5, 5.41) is 10.9. The standard InChI is InChI=1S/C10H9BrClNO2/c11-7-1-2-8(9-3-6(9)5-12)10(4-7)13(14)15/h1-2,4,6,9H,3,5H2. The lowest BCUT2D eigenvalue weighted by atomic mass is 10.1. The average molecular weight is 291 g/mol. The van der Waals surface area contributed by atoms with Crippen molar-refractivity contribution in [3.63, 3.8) is 0 Å². The molecule has 0 aromatic heterocycles. The smallest absolute Gasteiger partial charge is 0.258 e. The Morgan fingerprint density at radius 3 is 2.87 bits per heavy atom. The molecule has 80 valence electrons. The molecule has 1 fully saturated rings. The second-order valence-corrected chi connectivity index (χ2v) is 4.94. The van der Waals surface area contributed by atoms with Crippen LogP contribution in [0.25, 0.3) is 0 Å². The summed E-state index contributed by atoms with van der Waals surface area (Å²) in [6.45, 7) is 0. The zero-order valence-corrected chi connectivity index (χ0v) is 10.2. The molecule has 15 heavy (non-hydrogen) atoms. The Bertz CT molecular complexity index is 410. The van der Waals surface area contributed by atoms with Crippen LogP contribution in [0.3, 0.4) is 0 Å². The third-order valence-electron chi connectivity index (χ3n) is 2.71. The summed E-state index contributed by atoms with van der Waals surface area (Å²) in [6.07, 6.45) is 0.964. The minimum Gasteiger partial charge on any atom is -0.258 e. The summed E-state index contributed by atoms with van der Waals surface area (Å²) in [7, 11) is 0. The Kier molecular flexibility index (Phi) is 2.98. The van der Waals surface area contributed by atoms with Crippen molar-refractivity contribution in [2.75, 3.05) is 5.88 Å². The lowest BCUT2D eigenvalue weighted by molar-refractivity contribution is -0.385. The van der Waals surface area contributed by atoms with Gasteiger partial charge in [0.1, 0.15) is 0 Å². The van der Waals surface area contributed by atoms with Crippen LogP contribution in [-0.2, 0) is 0 Å². The van der Waals surface area contributed by atoms with Gasteiger partial charge in [-0.3, -0.25) is 10.1 Å². The van der Waals surface area contributed by atoms with Crippen LogP contribution >= 0.6 is 27.5 Å². The summed E-state index contributed by atoms with van der Waals surface area (Å²) in [6, 6.07) is 5.21. The number of hydrogen-bond donors (Lipinski definition) is 0. The topological polar surface area (TPSA) is 43.1 Å². The third-order valence-corrected chi connectivity index (χ3v) is 3.60. The van der Waals surface area contributed by atoms with Gasteiger partial charge in [0.15, 0.2) is 0 Å². The van der Waals surface area contributed by atoms with Crippen molar-refractivity contribution in [1.82, 2.24) is 0 Å². The zero-order chi connectivity index (χ0) is 11.0. The van der Waals surface area contributed by atoms with E-state index in [9.17, 15) is 10.1 Å². The number of benzene rings is 1. The molecule has 1 aromatic carbocycles. The third kappa shape index (κ3) is 2.16. The van der Waals surface area contributed by atoms with Crippen molar-refractivity contribution in [3.05, 3.63) is 38.3 Å². The molecule has 1 aliphatic rings. The van der Waals surface area contributed by atoms with E-state index in [-0.39, 0.29) is 16.5 Å². The van der Waals surface area contributed by atoms with Crippen molar-refractivity contribution >= 4 is 33.2 Å². The molecular weight excluding hydrogens is 281 g/mol. The van der Waals surface area contributed by atoms with E-state index in [0.29, 0.717) is 11.8 Å². The Morgan fingerprint density at radius 1 is 1.60 bits per heavy atom. The van der Waals surface area contributed by atoms with E-state index < -0.39 is 0 Å². The van der Waals surface area contributed by atoms with E-state index >= 15 is 0 Å². The van der Waals surface area contributed by atoms with Gasteiger partial charge >= 0.3 is 0 Å². The Labute approximate surface area is 101 Å². The van der Waals surface area contributed by atoms with Gasteiger partial charge in [-0.05, 0) is 24.3 Å². The Hall–Kier alpha value is -0.610. The molecular formula is C10H9BrClNO2. The van der Waals surface area contributed by atoms with Crippen LogP contribution in [0.15, 0.2) is 22.7 Å². The van der Waals surface area contributed by atoms with Crippen LogP contribution in [0.4, 0.5) is 5.69 Å². The molecule has 0 bridgehead atoms. The molecule has 3 nitrogen and oxygen atoms in total. The molecule has 1 saturated carbocycles. The molecule has 0 heterocycles. The molecule has 0 aliphatic heterocycles. The van der Waals surface area contributed by atoms with E-state index in [4.69, 9.17) is 11.6 Å². The normalized spacial score (nSPS) is 23.9. The van der Waals surface area contributed by atoms with E-state index in [1.54, 1.807) is 6.07 Å². The number of nitro groups is 1. The first kappa shape index (κ1) is 10.9. The molecule has 2 unspecified atom stereocenters. The van der Waals surface area contributed by atoms with Gasteiger partial charge in [-0.25, -0.2) is 0 Å². The van der Waals surface area contributed by atoms with Crippen LogP contribution in [0.5, 0.6) is 0 Å². The van der Waals surface area contributed by atoms with Crippen molar-refractivity contribution in [2.24, 2.45) is 5.92 Å². The first-order chi connectivity index (χ1) is 7.13. The summed E-state index contributed by atoms with van der Waals surface area (Å²) in [4.78, 5) is 10.5. The number of hydrogen-bond acceptors (Lipinski definition) is 2. The van der Waals surface area contributed by atoms with Crippen molar-refractivity contribution in [2.45, 2.75) is 12.3 Å². The lowest BCUT2D eigenvalue weighted by Crippen LogP contribution is -1.95. The average Bonchev–Trinajstić information content (AvgIpc) is 2.96. The van der Waals surface area contributed by atoms with E-state index in [0.717, 1.165) is 16.5 Å². The molecule has 1 aromatic rings. The molecule has 1 aliphatic carbocycles. The largest absolute Gasteiger partial charge is 0.274 e. The number of nitrogens with zero attached hydrogens (tertiary/aromatic N) is 1. The molecule has 5 heteroatoms. The fourth-order valence-corrected chi connectivity index (χ4v) is 2.48. The Morgan fingerprint density at radius 2 is 2.33 bits per heavy atom. The van der Waals surface area contributed by atoms with Crippen molar-refractivity contribution < 1.29 is 4.92 Å². The van der Waals surface area contributed by atoms with Gasteiger partial charge in [0.25, 0.3) is 5.69 Å². The van der Waals surface area contributed by atoms with Crippen molar-refractivity contribution in [3.8, 4) is 0 Å². The highest BCUT2D eigenvalue weighted by Gasteiger charge is 2.41. The number of alkyl halides is 1. The SMILES string of the molecule is O=[N+]([O-])c1cc(Br)ccc1C1CC1CCl. The lowest BCUT2D eigenvalue weighted by Gasteiger charge is -2.01. The first-order valence-corrected chi connectivity index (χ1v) is 5.96. The summed E-state index contributed by atoms with van der Waals surface area (Å²) in [5.74, 6) is 1.26. The van der Waals surface area contributed by atoms with Crippen molar-refractivity contribution in [1.29, 1.82) is 0 Å². The van der Waals surface area contributed by atoms with Crippen LogP contribution in [0.2, 0.25) is 0 Å². The molecule has 0 saturated heterocycles. The quantitative estimate of drug-likeness (QED) is 0.484. The summed E-state index contributed by atoms with van der Waals surface area (Å²) >= 11 is 8.96. The van der Waals surface area contributed by atoms with Crippen LogP contribution < -0.4 is 0 Å². The maximum Gasteiger partial charge on any atom is 0.274 e. The highest BCUT2D eigenvalue weighted by Crippen LogP contribution is 2.50. The van der Waals surface area contributed by atoms with Gasteiger partial charge in [-0.2, -0.15) is 0 Å². The Balaban J connectivity index is 2.35. The van der Waals surface area contributed by atoms with E-state index in [1.165, 1.54) is 0 Å². The molecule has 0 spiro atoms.